The van der Waals surface area contributed by atoms with Gasteiger partial charge in [-0.15, -0.1) is 0 Å². The predicted octanol–water partition coefficient (Wildman–Crippen LogP) is 2.53. The summed E-state index contributed by atoms with van der Waals surface area (Å²) in [7, 11) is 0. The summed E-state index contributed by atoms with van der Waals surface area (Å²) in [4.78, 5) is 14.2. The number of rotatable bonds is 0. The van der Waals surface area contributed by atoms with E-state index in [0.717, 1.165) is 25.9 Å². The minimum Gasteiger partial charge on any atom is -0.444 e. The van der Waals surface area contributed by atoms with Gasteiger partial charge in [-0.3, -0.25) is 0 Å². The molecule has 2 atom stereocenters. The van der Waals surface area contributed by atoms with Crippen molar-refractivity contribution in [3.05, 3.63) is 0 Å². The second-order valence-electron chi connectivity index (χ2n) is 6.44. The van der Waals surface area contributed by atoms with Crippen molar-refractivity contribution in [1.82, 2.24) is 10.2 Å². The van der Waals surface area contributed by atoms with Crippen LogP contribution in [0.3, 0.4) is 0 Å². The predicted molar refractivity (Wildman–Crippen MR) is 71.6 cm³/mol. The number of piperidine rings is 1. The highest BCUT2D eigenvalue weighted by Crippen LogP contribution is 2.26. The average Bonchev–Trinajstić information content (AvgIpc) is 2.50. The Balaban J connectivity index is 2.03. The molecule has 2 rings (SSSR count). The van der Waals surface area contributed by atoms with Crippen LogP contribution >= 0.6 is 0 Å². The first-order valence-corrected chi connectivity index (χ1v) is 7.20. The lowest BCUT2D eigenvalue weighted by molar-refractivity contribution is 0.00433. The van der Waals surface area contributed by atoms with Crippen LogP contribution in [-0.2, 0) is 4.74 Å². The van der Waals surface area contributed by atoms with Gasteiger partial charge in [0.25, 0.3) is 0 Å². The zero-order chi connectivity index (χ0) is 13.2. The third-order valence-corrected chi connectivity index (χ3v) is 3.74. The SMILES string of the molecule is CC(C)(C)OC(=O)N1CCCC2NCCCCC21. The molecule has 0 aromatic carbocycles. The molecule has 2 aliphatic rings. The molecule has 0 aromatic rings. The van der Waals surface area contributed by atoms with Crippen LogP contribution in [0.1, 0.15) is 52.9 Å². The third kappa shape index (κ3) is 3.37. The van der Waals surface area contributed by atoms with Crippen LogP contribution in [0.15, 0.2) is 0 Å². The molecule has 0 bridgehead atoms. The van der Waals surface area contributed by atoms with E-state index < -0.39 is 5.60 Å². The maximum Gasteiger partial charge on any atom is 0.410 e. The molecule has 0 saturated carbocycles. The molecule has 2 fully saturated rings. The Bertz CT molecular complexity index is 299. The van der Waals surface area contributed by atoms with Gasteiger partial charge in [0.05, 0.1) is 6.04 Å². The van der Waals surface area contributed by atoms with Gasteiger partial charge in [0.2, 0.25) is 0 Å². The van der Waals surface area contributed by atoms with Crippen LogP contribution in [0.5, 0.6) is 0 Å². The van der Waals surface area contributed by atoms with Crippen molar-refractivity contribution in [3.63, 3.8) is 0 Å². The van der Waals surface area contributed by atoms with Crippen LogP contribution in [0.25, 0.3) is 0 Å². The number of likely N-dealkylation sites (tertiary alicyclic amines) is 1. The standard InChI is InChI=1S/C14H26N2O2/c1-14(2,3)18-13(17)16-10-6-7-11-12(16)8-4-5-9-15-11/h11-12,15H,4-10H2,1-3H3. The van der Waals surface area contributed by atoms with E-state index in [-0.39, 0.29) is 6.09 Å². The van der Waals surface area contributed by atoms with Gasteiger partial charge >= 0.3 is 6.09 Å². The van der Waals surface area contributed by atoms with Gasteiger partial charge in [-0.05, 0) is 53.0 Å². The Kier molecular flexibility index (Phi) is 4.15. The van der Waals surface area contributed by atoms with E-state index in [1.807, 2.05) is 25.7 Å². The number of nitrogens with zero attached hydrogens (tertiary/aromatic N) is 1. The Morgan fingerprint density at radius 2 is 2.00 bits per heavy atom. The molecule has 18 heavy (non-hydrogen) atoms. The monoisotopic (exact) mass is 254 g/mol. The van der Waals surface area contributed by atoms with Gasteiger partial charge < -0.3 is 15.0 Å². The number of hydrogen-bond acceptors (Lipinski definition) is 3. The Hall–Kier alpha value is -0.770. The normalized spacial score (nSPS) is 29.4. The highest BCUT2D eigenvalue weighted by Gasteiger charge is 2.36. The molecule has 0 spiro atoms. The van der Waals surface area contributed by atoms with Crippen molar-refractivity contribution < 1.29 is 9.53 Å². The number of nitrogens with one attached hydrogen (secondary N) is 1. The van der Waals surface area contributed by atoms with E-state index in [1.165, 1.54) is 19.3 Å². The summed E-state index contributed by atoms with van der Waals surface area (Å²) in [6.45, 7) is 7.72. The molecule has 0 aromatic heterocycles. The van der Waals surface area contributed by atoms with Crippen molar-refractivity contribution >= 4 is 6.09 Å². The van der Waals surface area contributed by atoms with Crippen LogP contribution in [0.4, 0.5) is 4.79 Å². The highest BCUT2D eigenvalue weighted by molar-refractivity contribution is 5.68. The first-order valence-electron chi connectivity index (χ1n) is 7.20. The second-order valence-corrected chi connectivity index (χ2v) is 6.44. The van der Waals surface area contributed by atoms with Crippen LogP contribution in [0, 0.1) is 0 Å². The zero-order valence-electron chi connectivity index (χ0n) is 11.9. The largest absolute Gasteiger partial charge is 0.444 e. The molecule has 1 N–H and O–H groups in total. The van der Waals surface area contributed by atoms with Crippen molar-refractivity contribution in [2.75, 3.05) is 13.1 Å². The molecule has 4 heteroatoms. The van der Waals surface area contributed by atoms with E-state index in [1.54, 1.807) is 0 Å². The van der Waals surface area contributed by atoms with Gasteiger partial charge in [0, 0.05) is 12.6 Å². The summed E-state index contributed by atoms with van der Waals surface area (Å²) < 4.78 is 5.53. The molecule has 1 amide bonds. The number of ether oxygens (including phenoxy) is 1. The minimum atomic E-state index is -0.401. The number of carbonyl (C=O) groups is 1. The van der Waals surface area contributed by atoms with Gasteiger partial charge in [-0.25, -0.2) is 4.79 Å². The highest BCUT2D eigenvalue weighted by atomic mass is 16.6. The quantitative estimate of drug-likeness (QED) is 0.722. The zero-order valence-corrected chi connectivity index (χ0v) is 11.9. The number of carbonyl (C=O) groups excluding carboxylic acids is 1. The molecular weight excluding hydrogens is 228 g/mol. The molecule has 2 heterocycles. The summed E-state index contributed by atoms with van der Waals surface area (Å²) >= 11 is 0. The fourth-order valence-electron chi connectivity index (χ4n) is 2.97. The second kappa shape index (κ2) is 5.47. The van der Waals surface area contributed by atoms with E-state index in [9.17, 15) is 4.79 Å². The van der Waals surface area contributed by atoms with E-state index in [0.29, 0.717) is 12.1 Å². The van der Waals surface area contributed by atoms with E-state index in [2.05, 4.69) is 5.32 Å². The summed E-state index contributed by atoms with van der Waals surface area (Å²) in [5.74, 6) is 0. The lowest BCUT2D eigenvalue weighted by Crippen LogP contribution is -2.55. The Morgan fingerprint density at radius 3 is 2.72 bits per heavy atom. The minimum absolute atomic E-state index is 0.138. The lowest BCUT2D eigenvalue weighted by Gasteiger charge is -2.41. The molecular formula is C14H26N2O2. The number of hydrogen-bond donors (Lipinski definition) is 1. The molecule has 4 nitrogen and oxygen atoms in total. The fourth-order valence-corrected chi connectivity index (χ4v) is 2.97. The van der Waals surface area contributed by atoms with Crippen molar-refractivity contribution in [1.29, 1.82) is 0 Å². The first-order chi connectivity index (χ1) is 8.47. The Labute approximate surface area is 110 Å². The molecule has 0 aliphatic carbocycles. The van der Waals surface area contributed by atoms with Crippen molar-refractivity contribution in [3.8, 4) is 0 Å². The van der Waals surface area contributed by atoms with Crippen LogP contribution in [0.2, 0.25) is 0 Å². The average molecular weight is 254 g/mol. The van der Waals surface area contributed by atoms with Gasteiger partial charge in [0.15, 0.2) is 0 Å². The molecule has 0 radical (unpaired) electrons. The fraction of sp³-hybridized carbons (Fsp3) is 0.929. The van der Waals surface area contributed by atoms with Crippen molar-refractivity contribution in [2.45, 2.75) is 70.6 Å². The molecule has 2 unspecified atom stereocenters. The van der Waals surface area contributed by atoms with Gasteiger partial charge in [-0.2, -0.15) is 0 Å². The smallest absolute Gasteiger partial charge is 0.410 e. The third-order valence-electron chi connectivity index (χ3n) is 3.74. The van der Waals surface area contributed by atoms with Gasteiger partial charge in [-0.1, -0.05) is 6.42 Å². The summed E-state index contributed by atoms with van der Waals surface area (Å²) in [6.07, 6.45) is 5.65. The van der Waals surface area contributed by atoms with E-state index >= 15 is 0 Å². The van der Waals surface area contributed by atoms with Crippen LogP contribution in [-0.4, -0.2) is 41.8 Å². The van der Waals surface area contributed by atoms with Gasteiger partial charge in [0.1, 0.15) is 5.60 Å². The summed E-state index contributed by atoms with van der Waals surface area (Å²) in [6, 6.07) is 0.796. The summed E-state index contributed by atoms with van der Waals surface area (Å²) in [5.41, 5.74) is -0.401. The summed E-state index contributed by atoms with van der Waals surface area (Å²) in [5, 5.41) is 3.58. The van der Waals surface area contributed by atoms with Crippen LogP contribution < -0.4 is 5.32 Å². The number of amides is 1. The van der Waals surface area contributed by atoms with Crippen molar-refractivity contribution in [2.24, 2.45) is 0 Å². The molecule has 2 saturated heterocycles. The maximum atomic E-state index is 12.3. The lowest BCUT2D eigenvalue weighted by atomic mass is 9.94. The maximum absolute atomic E-state index is 12.3. The Morgan fingerprint density at radius 1 is 1.22 bits per heavy atom. The molecule has 104 valence electrons. The first kappa shape index (κ1) is 13.7. The van der Waals surface area contributed by atoms with E-state index in [4.69, 9.17) is 4.74 Å². The number of fused-ring (bicyclic) bond motifs is 1. The molecule has 2 aliphatic heterocycles. The topological polar surface area (TPSA) is 41.6 Å².